The lowest BCUT2D eigenvalue weighted by atomic mass is 10.2. The maximum atomic E-state index is 12.2. The van der Waals surface area contributed by atoms with Crippen LogP contribution in [0, 0.1) is 13.8 Å². The molecule has 0 bridgehead atoms. The van der Waals surface area contributed by atoms with E-state index in [1.54, 1.807) is 18.7 Å². The number of rotatable bonds is 2. The molecule has 0 saturated carbocycles. The molecule has 0 spiro atoms. The first-order chi connectivity index (χ1) is 8.90. The van der Waals surface area contributed by atoms with Gasteiger partial charge in [0.05, 0.1) is 17.5 Å². The molecule has 100 valence electrons. The fourth-order valence-corrected chi connectivity index (χ4v) is 2.61. The van der Waals surface area contributed by atoms with E-state index in [0.29, 0.717) is 26.3 Å². The van der Waals surface area contributed by atoms with Gasteiger partial charge in [0.15, 0.2) is 5.82 Å². The van der Waals surface area contributed by atoms with Crippen LogP contribution in [-0.4, -0.2) is 25.7 Å². The van der Waals surface area contributed by atoms with E-state index in [2.05, 4.69) is 52.2 Å². The highest BCUT2D eigenvalue weighted by Crippen LogP contribution is 2.21. The summed E-state index contributed by atoms with van der Waals surface area (Å²) in [7, 11) is 1.80. The van der Waals surface area contributed by atoms with Crippen molar-refractivity contribution < 1.29 is 4.79 Å². The molecule has 0 aromatic carbocycles. The van der Waals surface area contributed by atoms with Crippen molar-refractivity contribution in [3.8, 4) is 0 Å². The molecule has 0 radical (unpaired) electrons. The maximum absolute atomic E-state index is 12.2. The zero-order chi connectivity index (χ0) is 14.2. The minimum absolute atomic E-state index is 0.250. The molecule has 1 N–H and O–H groups in total. The van der Waals surface area contributed by atoms with Crippen LogP contribution >= 0.6 is 31.9 Å². The average molecular weight is 389 g/mol. The number of halogens is 2. The molecule has 8 heteroatoms. The number of carbonyl (C=O) groups excluding carboxylic acids is 1. The smallest absolute Gasteiger partial charge is 0.260 e. The quantitative estimate of drug-likeness (QED) is 0.858. The summed E-state index contributed by atoms with van der Waals surface area (Å²) in [6, 6.07) is 0. The zero-order valence-corrected chi connectivity index (χ0v) is 13.7. The van der Waals surface area contributed by atoms with Gasteiger partial charge in [0.2, 0.25) is 0 Å². The Morgan fingerprint density at radius 2 is 2.05 bits per heavy atom. The molecule has 0 aliphatic carbocycles. The highest BCUT2D eigenvalue weighted by molar-refractivity contribution is 9.11. The van der Waals surface area contributed by atoms with Crippen molar-refractivity contribution in [3.63, 3.8) is 0 Å². The number of hydrogen-bond acceptors (Lipinski definition) is 4. The second-order valence-electron chi connectivity index (χ2n) is 3.96. The third-order valence-electron chi connectivity index (χ3n) is 2.67. The molecule has 2 aromatic heterocycles. The average Bonchev–Trinajstić information content (AvgIpc) is 2.57. The summed E-state index contributed by atoms with van der Waals surface area (Å²) in [5.74, 6) is 0.122. The largest absolute Gasteiger partial charge is 0.304 e. The monoisotopic (exact) mass is 387 g/mol. The Morgan fingerprint density at radius 1 is 1.37 bits per heavy atom. The normalized spacial score (nSPS) is 10.6. The summed E-state index contributed by atoms with van der Waals surface area (Å²) >= 11 is 6.46. The minimum atomic E-state index is -0.250. The summed E-state index contributed by atoms with van der Waals surface area (Å²) in [5, 5.41) is 6.93. The Balaban J connectivity index is 2.31. The molecule has 0 aliphatic heterocycles. The van der Waals surface area contributed by atoms with Gasteiger partial charge in [-0.25, -0.2) is 9.97 Å². The van der Waals surface area contributed by atoms with E-state index >= 15 is 0 Å². The maximum Gasteiger partial charge on any atom is 0.260 e. The standard InChI is InChI=1S/C11H11Br2N5O/c1-5-8(6(2)18(3)17-5)11(19)16-10-9(13)15-7(12)4-14-10/h4H,1-3H3,(H,14,16,19). The molecule has 0 fully saturated rings. The number of aromatic nitrogens is 4. The summed E-state index contributed by atoms with van der Waals surface area (Å²) in [6.45, 7) is 3.64. The van der Waals surface area contributed by atoms with Gasteiger partial charge in [-0.15, -0.1) is 0 Å². The fourth-order valence-electron chi connectivity index (χ4n) is 1.70. The number of aryl methyl sites for hydroxylation is 2. The van der Waals surface area contributed by atoms with E-state index in [1.807, 2.05) is 6.92 Å². The molecular weight excluding hydrogens is 378 g/mol. The van der Waals surface area contributed by atoms with E-state index in [1.165, 1.54) is 6.20 Å². The van der Waals surface area contributed by atoms with Crippen molar-refractivity contribution in [2.75, 3.05) is 5.32 Å². The zero-order valence-electron chi connectivity index (χ0n) is 10.5. The number of hydrogen-bond donors (Lipinski definition) is 1. The second kappa shape index (κ2) is 5.38. The van der Waals surface area contributed by atoms with Crippen LogP contribution in [0.25, 0.3) is 0 Å². The van der Waals surface area contributed by atoms with E-state index < -0.39 is 0 Å². The van der Waals surface area contributed by atoms with E-state index in [-0.39, 0.29) is 5.91 Å². The van der Waals surface area contributed by atoms with Crippen LogP contribution in [0.2, 0.25) is 0 Å². The van der Waals surface area contributed by atoms with Gasteiger partial charge >= 0.3 is 0 Å². The first kappa shape index (κ1) is 14.1. The highest BCUT2D eigenvalue weighted by Gasteiger charge is 2.18. The third-order valence-corrected chi connectivity index (χ3v) is 3.60. The van der Waals surface area contributed by atoms with Crippen LogP contribution in [0.3, 0.4) is 0 Å². The molecule has 19 heavy (non-hydrogen) atoms. The highest BCUT2D eigenvalue weighted by atomic mass is 79.9. The molecule has 0 atom stereocenters. The molecule has 2 rings (SSSR count). The van der Waals surface area contributed by atoms with Gasteiger partial charge in [-0.05, 0) is 45.7 Å². The van der Waals surface area contributed by atoms with Crippen LogP contribution in [-0.2, 0) is 7.05 Å². The van der Waals surface area contributed by atoms with E-state index in [0.717, 1.165) is 5.69 Å². The lowest BCUT2D eigenvalue weighted by Crippen LogP contribution is -2.15. The lowest BCUT2D eigenvalue weighted by molar-refractivity contribution is 0.102. The number of nitrogens with zero attached hydrogens (tertiary/aromatic N) is 4. The van der Waals surface area contributed by atoms with Gasteiger partial charge in [-0.2, -0.15) is 5.10 Å². The van der Waals surface area contributed by atoms with Gasteiger partial charge in [0.1, 0.15) is 9.21 Å². The molecular formula is C11H11Br2N5O. The Bertz CT molecular complexity index is 653. The van der Waals surface area contributed by atoms with Crippen LogP contribution in [0.5, 0.6) is 0 Å². The number of amides is 1. The predicted molar refractivity (Wildman–Crippen MR) is 78.1 cm³/mol. The summed E-state index contributed by atoms with van der Waals surface area (Å²) in [4.78, 5) is 20.4. The molecule has 2 heterocycles. The van der Waals surface area contributed by atoms with Gasteiger partial charge in [-0.1, -0.05) is 0 Å². The van der Waals surface area contributed by atoms with Crippen molar-refractivity contribution in [1.82, 2.24) is 19.7 Å². The van der Waals surface area contributed by atoms with Crippen molar-refractivity contribution in [2.24, 2.45) is 7.05 Å². The third kappa shape index (κ3) is 2.84. The Hall–Kier alpha value is -1.28. The summed E-state index contributed by atoms with van der Waals surface area (Å²) < 4.78 is 2.73. The summed E-state index contributed by atoms with van der Waals surface area (Å²) in [5.41, 5.74) is 2.04. The van der Waals surface area contributed by atoms with Crippen LogP contribution in [0.15, 0.2) is 15.4 Å². The van der Waals surface area contributed by atoms with Crippen molar-refractivity contribution in [3.05, 3.63) is 32.4 Å². The van der Waals surface area contributed by atoms with Crippen molar-refractivity contribution in [2.45, 2.75) is 13.8 Å². The lowest BCUT2D eigenvalue weighted by Gasteiger charge is -2.06. The second-order valence-corrected chi connectivity index (χ2v) is 5.52. The number of carbonyl (C=O) groups is 1. The first-order valence-corrected chi connectivity index (χ1v) is 6.98. The predicted octanol–water partition coefficient (Wildman–Crippen LogP) is 2.60. The Kier molecular flexibility index (Phi) is 4.00. The number of anilines is 1. The van der Waals surface area contributed by atoms with Gasteiger partial charge in [0, 0.05) is 12.7 Å². The topological polar surface area (TPSA) is 72.7 Å². The van der Waals surface area contributed by atoms with Crippen molar-refractivity contribution in [1.29, 1.82) is 0 Å². The first-order valence-electron chi connectivity index (χ1n) is 5.39. The minimum Gasteiger partial charge on any atom is -0.304 e. The summed E-state index contributed by atoms with van der Waals surface area (Å²) in [6.07, 6.45) is 1.52. The SMILES string of the molecule is Cc1nn(C)c(C)c1C(=O)Nc1ncc(Br)nc1Br. The van der Waals surface area contributed by atoms with Crippen LogP contribution in [0.1, 0.15) is 21.7 Å². The molecule has 0 aliphatic rings. The van der Waals surface area contributed by atoms with Gasteiger partial charge < -0.3 is 5.32 Å². The van der Waals surface area contributed by atoms with Gasteiger partial charge in [-0.3, -0.25) is 9.48 Å². The van der Waals surface area contributed by atoms with Crippen molar-refractivity contribution >= 4 is 43.6 Å². The Labute approximate surface area is 126 Å². The molecule has 1 amide bonds. The van der Waals surface area contributed by atoms with E-state index in [9.17, 15) is 4.79 Å². The van der Waals surface area contributed by atoms with Crippen LogP contribution in [0.4, 0.5) is 5.82 Å². The molecule has 6 nitrogen and oxygen atoms in total. The molecule has 0 saturated heterocycles. The molecule has 0 unspecified atom stereocenters. The molecule has 2 aromatic rings. The van der Waals surface area contributed by atoms with E-state index in [4.69, 9.17) is 0 Å². The number of nitrogens with one attached hydrogen (secondary N) is 1. The fraction of sp³-hybridized carbons (Fsp3) is 0.273. The van der Waals surface area contributed by atoms with Gasteiger partial charge in [0.25, 0.3) is 5.91 Å². The van der Waals surface area contributed by atoms with Crippen LogP contribution < -0.4 is 5.32 Å². The Morgan fingerprint density at radius 3 is 2.58 bits per heavy atom.